The molecule has 0 radical (unpaired) electrons. The standard InChI is InChI=1S/C27H28N2O4S/c1-21-15-17-23(18-16-21)34(31,32)29-19-9-8-13-25(24-12-6-7-14-26(24)29)28(2)27(30)33-20-22-10-4-3-5-11-22/h3-12,14-18,25H,13,19-20H2,1-2H3/b9-8-. The molecule has 34 heavy (non-hydrogen) atoms. The second kappa shape index (κ2) is 10.1. The molecule has 1 amide bonds. The van der Waals surface area contributed by atoms with Crippen LogP contribution in [0.15, 0.2) is 95.9 Å². The lowest BCUT2D eigenvalue weighted by atomic mass is 9.99. The van der Waals surface area contributed by atoms with Crippen LogP contribution in [0.25, 0.3) is 0 Å². The zero-order valence-corrected chi connectivity index (χ0v) is 20.1. The molecular weight excluding hydrogens is 448 g/mol. The summed E-state index contributed by atoms with van der Waals surface area (Å²) in [4.78, 5) is 14.7. The molecule has 176 valence electrons. The molecule has 0 N–H and O–H groups in total. The molecule has 1 aliphatic heterocycles. The summed E-state index contributed by atoms with van der Waals surface area (Å²) in [5.74, 6) is 0. The predicted molar refractivity (Wildman–Crippen MR) is 133 cm³/mol. The van der Waals surface area contributed by atoms with Gasteiger partial charge in [0, 0.05) is 7.05 Å². The number of nitrogens with zero attached hydrogens (tertiary/aromatic N) is 2. The minimum absolute atomic E-state index is 0.169. The lowest BCUT2D eigenvalue weighted by molar-refractivity contribution is 0.0911. The van der Waals surface area contributed by atoms with Crippen LogP contribution in [0.4, 0.5) is 10.5 Å². The van der Waals surface area contributed by atoms with Crippen molar-refractivity contribution in [3.8, 4) is 0 Å². The summed E-state index contributed by atoms with van der Waals surface area (Å²) in [6.07, 6.45) is 3.83. The Kier molecular flexibility index (Phi) is 7.03. The zero-order chi connectivity index (χ0) is 24.1. The van der Waals surface area contributed by atoms with Crippen LogP contribution < -0.4 is 4.31 Å². The number of ether oxygens (including phenoxy) is 1. The van der Waals surface area contributed by atoms with E-state index in [1.807, 2.05) is 67.6 Å². The number of hydrogen-bond donors (Lipinski definition) is 0. The van der Waals surface area contributed by atoms with Crippen LogP contribution in [0, 0.1) is 6.92 Å². The summed E-state index contributed by atoms with van der Waals surface area (Å²) in [7, 11) is -2.12. The van der Waals surface area contributed by atoms with Gasteiger partial charge in [0.1, 0.15) is 6.61 Å². The zero-order valence-electron chi connectivity index (χ0n) is 19.3. The molecule has 4 rings (SSSR count). The van der Waals surface area contributed by atoms with E-state index in [4.69, 9.17) is 4.74 Å². The fourth-order valence-corrected chi connectivity index (χ4v) is 5.44. The minimum Gasteiger partial charge on any atom is -0.445 e. The fraction of sp³-hybridized carbons (Fsp3) is 0.222. The van der Waals surface area contributed by atoms with Crippen molar-refractivity contribution in [2.75, 3.05) is 17.9 Å². The number of fused-ring (bicyclic) bond motifs is 1. The highest BCUT2D eigenvalue weighted by atomic mass is 32.2. The first-order chi connectivity index (χ1) is 16.4. The third-order valence-corrected chi connectivity index (χ3v) is 7.73. The number of benzene rings is 3. The average Bonchev–Trinajstić information content (AvgIpc) is 2.83. The van der Waals surface area contributed by atoms with Crippen molar-refractivity contribution in [1.29, 1.82) is 0 Å². The van der Waals surface area contributed by atoms with Crippen molar-refractivity contribution in [2.24, 2.45) is 0 Å². The van der Waals surface area contributed by atoms with Crippen molar-refractivity contribution >= 4 is 21.8 Å². The Labute approximate surface area is 201 Å². The summed E-state index contributed by atoms with van der Waals surface area (Å²) < 4.78 is 34.1. The molecule has 1 aliphatic rings. The van der Waals surface area contributed by atoms with Gasteiger partial charge >= 0.3 is 6.09 Å². The number of amides is 1. The summed E-state index contributed by atoms with van der Waals surface area (Å²) >= 11 is 0. The number of carbonyl (C=O) groups is 1. The van der Waals surface area contributed by atoms with E-state index >= 15 is 0 Å². The fourth-order valence-electron chi connectivity index (χ4n) is 4.00. The monoisotopic (exact) mass is 476 g/mol. The molecule has 0 fully saturated rings. The first-order valence-corrected chi connectivity index (χ1v) is 12.6. The number of aryl methyl sites for hydroxylation is 1. The van der Waals surface area contributed by atoms with E-state index in [2.05, 4.69) is 0 Å². The second-order valence-electron chi connectivity index (χ2n) is 8.28. The maximum Gasteiger partial charge on any atom is 0.410 e. The maximum atomic E-state index is 13.6. The van der Waals surface area contributed by atoms with Gasteiger partial charge in [0.25, 0.3) is 10.0 Å². The van der Waals surface area contributed by atoms with Gasteiger partial charge in [0.15, 0.2) is 0 Å². The number of carbonyl (C=O) groups excluding carboxylic acids is 1. The Balaban J connectivity index is 1.64. The van der Waals surface area contributed by atoms with Gasteiger partial charge in [0.05, 0.1) is 23.2 Å². The van der Waals surface area contributed by atoms with Crippen LogP contribution in [-0.4, -0.2) is 33.0 Å². The number of sulfonamides is 1. The van der Waals surface area contributed by atoms with Crippen LogP contribution in [-0.2, 0) is 21.4 Å². The van der Waals surface area contributed by atoms with Crippen LogP contribution in [0.5, 0.6) is 0 Å². The normalized spacial score (nSPS) is 16.6. The first kappa shape index (κ1) is 23.6. The molecule has 6 nitrogen and oxygen atoms in total. The maximum absolute atomic E-state index is 13.6. The Hall–Kier alpha value is -3.58. The van der Waals surface area contributed by atoms with Crippen molar-refractivity contribution < 1.29 is 17.9 Å². The molecule has 3 aromatic carbocycles. The summed E-state index contributed by atoms with van der Waals surface area (Å²) in [6.45, 7) is 2.30. The Morgan fingerprint density at radius 1 is 0.971 bits per heavy atom. The van der Waals surface area contributed by atoms with Crippen molar-refractivity contribution in [1.82, 2.24) is 4.90 Å². The van der Waals surface area contributed by atoms with Crippen LogP contribution in [0.1, 0.15) is 29.2 Å². The van der Waals surface area contributed by atoms with E-state index in [9.17, 15) is 13.2 Å². The highest BCUT2D eigenvalue weighted by Gasteiger charge is 2.31. The van der Waals surface area contributed by atoms with E-state index in [1.165, 1.54) is 9.21 Å². The van der Waals surface area contributed by atoms with Gasteiger partial charge in [-0.2, -0.15) is 0 Å². The summed E-state index contributed by atoms with van der Waals surface area (Å²) in [6, 6.07) is 23.3. The number of rotatable bonds is 5. The molecule has 0 spiro atoms. The smallest absolute Gasteiger partial charge is 0.410 e. The largest absolute Gasteiger partial charge is 0.445 e. The average molecular weight is 477 g/mol. The van der Waals surface area contributed by atoms with Crippen molar-refractivity contribution in [2.45, 2.75) is 30.9 Å². The van der Waals surface area contributed by atoms with Gasteiger partial charge in [-0.1, -0.05) is 78.4 Å². The van der Waals surface area contributed by atoms with Gasteiger partial charge in [0.2, 0.25) is 0 Å². The van der Waals surface area contributed by atoms with Crippen LogP contribution >= 0.6 is 0 Å². The molecule has 3 aromatic rings. The lowest BCUT2D eigenvalue weighted by Crippen LogP contribution is -2.36. The Morgan fingerprint density at radius 2 is 1.65 bits per heavy atom. The molecule has 1 unspecified atom stereocenters. The highest BCUT2D eigenvalue weighted by Crippen LogP contribution is 2.36. The van der Waals surface area contributed by atoms with Gasteiger partial charge < -0.3 is 9.64 Å². The second-order valence-corrected chi connectivity index (χ2v) is 10.1. The van der Waals surface area contributed by atoms with E-state index in [-0.39, 0.29) is 24.1 Å². The highest BCUT2D eigenvalue weighted by molar-refractivity contribution is 7.92. The van der Waals surface area contributed by atoms with Crippen molar-refractivity contribution in [3.05, 3.63) is 108 Å². The van der Waals surface area contributed by atoms with Gasteiger partial charge in [-0.05, 0) is 42.7 Å². The van der Waals surface area contributed by atoms with Gasteiger partial charge in [-0.3, -0.25) is 4.31 Å². The number of hydrogen-bond acceptors (Lipinski definition) is 4. The molecule has 0 saturated heterocycles. The molecule has 0 aromatic heterocycles. The number of para-hydroxylation sites is 1. The minimum atomic E-state index is -3.80. The predicted octanol–water partition coefficient (Wildman–Crippen LogP) is 5.46. The molecule has 0 aliphatic carbocycles. The molecule has 0 saturated carbocycles. The van der Waals surface area contributed by atoms with Gasteiger partial charge in [-0.25, -0.2) is 13.2 Å². The van der Waals surface area contributed by atoms with Gasteiger partial charge in [-0.15, -0.1) is 0 Å². The Morgan fingerprint density at radius 3 is 2.38 bits per heavy atom. The Bertz CT molecular complexity index is 1270. The lowest BCUT2D eigenvalue weighted by Gasteiger charge is -2.33. The molecule has 1 atom stereocenters. The van der Waals surface area contributed by atoms with Crippen LogP contribution in [0.2, 0.25) is 0 Å². The van der Waals surface area contributed by atoms with Crippen molar-refractivity contribution in [3.63, 3.8) is 0 Å². The molecular formula is C27H28N2O4S. The topological polar surface area (TPSA) is 66.9 Å². The van der Waals surface area contributed by atoms with Crippen LogP contribution in [0.3, 0.4) is 0 Å². The SMILES string of the molecule is Cc1ccc(S(=O)(=O)N2C/C=C\CC(N(C)C(=O)OCc3ccccc3)c3ccccc32)cc1. The van der Waals surface area contributed by atoms with E-state index in [0.29, 0.717) is 12.1 Å². The molecule has 1 heterocycles. The first-order valence-electron chi connectivity index (χ1n) is 11.1. The van der Waals surface area contributed by atoms with E-state index in [1.54, 1.807) is 37.4 Å². The third kappa shape index (κ3) is 4.99. The summed E-state index contributed by atoms with van der Waals surface area (Å²) in [5, 5.41) is 0. The third-order valence-electron chi connectivity index (χ3n) is 5.93. The van der Waals surface area contributed by atoms with E-state index < -0.39 is 16.1 Å². The quantitative estimate of drug-likeness (QED) is 0.459. The molecule has 7 heteroatoms. The number of anilines is 1. The molecule has 0 bridgehead atoms. The van der Waals surface area contributed by atoms with E-state index in [0.717, 1.165) is 16.7 Å². The summed E-state index contributed by atoms with van der Waals surface area (Å²) in [5.41, 5.74) is 3.20.